The maximum Gasteiger partial charge on any atom is 0.330 e. The van der Waals surface area contributed by atoms with Gasteiger partial charge in [-0.3, -0.25) is 5.41 Å². The highest BCUT2D eigenvalue weighted by molar-refractivity contribution is 5.95. The van der Waals surface area contributed by atoms with Gasteiger partial charge >= 0.3 is 5.97 Å². The number of anilines is 2. The van der Waals surface area contributed by atoms with Crippen LogP contribution in [0.1, 0.15) is 17.2 Å². The molecule has 1 atom stereocenters. The summed E-state index contributed by atoms with van der Waals surface area (Å²) in [7, 11) is 1.78. The molecular formula is C16H18N4O2. The zero-order valence-electron chi connectivity index (χ0n) is 12.1. The summed E-state index contributed by atoms with van der Waals surface area (Å²) in [5.74, 6) is -0.994. The topological polar surface area (TPSA) is 111 Å². The number of rotatable bonds is 6. The van der Waals surface area contributed by atoms with Crippen molar-refractivity contribution in [2.75, 3.05) is 17.7 Å². The van der Waals surface area contributed by atoms with E-state index in [1.165, 1.54) is 0 Å². The maximum absolute atomic E-state index is 11.5. The molecule has 6 nitrogen and oxygen atoms in total. The summed E-state index contributed by atoms with van der Waals surface area (Å²) in [6, 6.07) is 13.1. The van der Waals surface area contributed by atoms with Gasteiger partial charge in [0.1, 0.15) is 5.84 Å². The van der Waals surface area contributed by atoms with Crippen molar-refractivity contribution in [3.8, 4) is 0 Å². The number of aliphatic carboxylic acids is 1. The summed E-state index contributed by atoms with van der Waals surface area (Å²) in [6.07, 6.45) is 0. The fourth-order valence-electron chi connectivity index (χ4n) is 2.07. The highest BCUT2D eigenvalue weighted by Crippen LogP contribution is 2.22. The molecule has 0 amide bonds. The number of hydrogen-bond acceptors (Lipinski definition) is 4. The minimum absolute atomic E-state index is 0.0249. The van der Waals surface area contributed by atoms with Crippen LogP contribution >= 0.6 is 0 Å². The second kappa shape index (κ2) is 6.62. The van der Waals surface area contributed by atoms with Crippen LogP contribution in [0.4, 0.5) is 11.4 Å². The lowest BCUT2D eigenvalue weighted by atomic mass is 10.1. The predicted octanol–water partition coefficient (Wildman–Crippen LogP) is 2.25. The SMILES string of the molecule is CNc1cccc(C(Nc2ccc(C(=N)N)cc2)C(=O)O)c1. The van der Waals surface area contributed by atoms with Gasteiger partial charge in [0.25, 0.3) is 0 Å². The van der Waals surface area contributed by atoms with Crippen molar-refractivity contribution in [2.45, 2.75) is 6.04 Å². The Morgan fingerprint density at radius 3 is 2.41 bits per heavy atom. The second-order valence-electron chi connectivity index (χ2n) is 4.78. The van der Waals surface area contributed by atoms with Gasteiger partial charge in [-0.25, -0.2) is 4.79 Å². The van der Waals surface area contributed by atoms with Crippen molar-refractivity contribution in [1.29, 1.82) is 5.41 Å². The van der Waals surface area contributed by atoms with Crippen LogP contribution in [0, 0.1) is 5.41 Å². The van der Waals surface area contributed by atoms with Gasteiger partial charge in [-0.2, -0.15) is 0 Å². The summed E-state index contributed by atoms with van der Waals surface area (Å²) >= 11 is 0. The van der Waals surface area contributed by atoms with E-state index < -0.39 is 12.0 Å². The first-order chi connectivity index (χ1) is 10.5. The molecule has 0 saturated heterocycles. The number of carbonyl (C=O) groups is 1. The van der Waals surface area contributed by atoms with Crippen LogP contribution in [0.2, 0.25) is 0 Å². The van der Waals surface area contributed by atoms with Gasteiger partial charge in [0.05, 0.1) is 0 Å². The Hall–Kier alpha value is -3.02. The zero-order valence-corrected chi connectivity index (χ0v) is 12.1. The van der Waals surface area contributed by atoms with Crippen LogP contribution < -0.4 is 16.4 Å². The van der Waals surface area contributed by atoms with Crippen molar-refractivity contribution < 1.29 is 9.90 Å². The molecule has 0 saturated carbocycles. The third kappa shape index (κ3) is 3.54. The smallest absolute Gasteiger partial charge is 0.330 e. The first-order valence-corrected chi connectivity index (χ1v) is 6.73. The Balaban J connectivity index is 2.25. The molecule has 114 valence electrons. The average molecular weight is 298 g/mol. The van der Waals surface area contributed by atoms with Gasteiger partial charge in [0, 0.05) is 24.0 Å². The molecule has 0 aliphatic rings. The first kappa shape index (κ1) is 15.4. The second-order valence-corrected chi connectivity index (χ2v) is 4.78. The maximum atomic E-state index is 11.5. The van der Waals surface area contributed by atoms with E-state index in [1.807, 2.05) is 6.07 Å². The van der Waals surface area contributed by atoms with Crippen LogP contribution in [0.25, 0.3) is 0 Å². The molecule has 0 bridgehead atoms. The van der Waals surface area contributed by atoms with Gasteiger partial charge in [-0.05, 0) is 42.0 Å². The molecule has 22 heavy (non-hydrogen) atoms. The lowest BCUT2D eigenvalue weighted by Crippen LogP contribution is -2.20. The Labute approximate surface area is 128 Å². The third-order valence-corrected chi connectivity index (χ3v) is 3.26. The van der Waals surface area contributed by atoms with Crippen molar-refractivity contribution in [3.63, 3.8) is 0 Å². The first-order valence-electron chi connectivity index (χ1n) is 6.73. The number of nitrogens with one attached hydrogen (secondary N) is 3. The van der Waals surface area contributed by atoms with E-state index in [0.717, 1.165) is 5.69 Å². The Kier molecular flexibility index (Phi) is 4.63. The number of carboxylic acid groups (broad SMARTS) is 1. The van der Waals surface area contributed by atoms with Crippen LogP contribution in [0.5, 0.6) is 0 Å². The Morgan fingerprint density at radius 1 is 1.18 bits per heavy atom. The monoisotopic (exact) mass is 298 g/mol. The molecule has 0 heterocycles. The molecule has 2 aromatic rings. The van der Waals surface area contributed by atoms with Crippen molar-refractivity contribution in [1.82, 2.24) is 0 Å². The van der Waals surface area contributed by atoms with Gasteiger partial charge in [0.15, 0.2) is 6.04 Å². The minimum Gasteiger partial charge on any atom is -0.479 e. The Bertz CT molecular complexity index is 683. The molecule has 0 spiro atoms. The average Bonchev–Trinajstić information content (AvgIpc) is 2.52. The van der Waals surface area contributed by atoms with Crippen LogP contribution in [-0.4, -0.2) is 24.0 Å². The molecule has 0 aromatic heterocycles. The molecule has 2 rings (SSSR count). The third-order valence-electron chi connectivity index (χ3n) is 3.26. The fraction of sp³-hybridized carbons (Fsp3) is 0.125. The van der Waals surface area contributed by atoms with Crippen LogP contribution in [-0.2, 0) is 4.79 Å². The largest absolute Gasteiger partial charge is 0.479 e. The zero-order chi connectivity index (χ0) is 16.1. The van der Waals surface area contributed by atoms with Crippen LogP contribution in [0.15, 0.2) is 48.5 Å². The van der Waals surface area contributed by atoms with Crippen molar-refractivity contribution in [2.24, 2.45) is 5.73 Å². The molecule has 6 heteroatoms. The van der Waals surface area contributed by atoms with E-state index in [9.17, 15) is 9.90 Å². The van der Waals surface area contributed by atoms with Gasteiger partial charge in [-0.15, -0.1) is 0 Å². The molecule has 2 aromatic carbocycles. The number of nitrogens with two attached hydrogens (primary N) is 1. The number of benzene rings is 2. The van der Waals surface area contributed by atoms with Crippen molar-refractivity contribution >= 4 is 23.2 Å². The van der Waals surface area contributed by atoms with E-state index in [1.54, 1.807) is 49.5 Å². The van der Waals surface area contributed by atoms with Gasteiger partial charge in [0.2, 0.25) is 0 Å². The van der Waals surface area contributed by atoms with E-state index >= 15 is 0 Å². The molecular weight excluding hydrogens is 280 g/mol. The van der Waals surface area contributed by atoms with E-state index in [2.05, 4.69) is 10.6 Å². The lowest BCUT2D eigenvalue weighted by molar-refractivity contribution is -0.138. The minimum atomic E-state index is -0.969. The van der Waals surface area contributed by atoms with Crippen molar-refractivity contribution in [3.05, 3.63) is 59.7 Å². The number of nitrogen functional groups attached to an aromatic ring is 1. The van der Waals surface area contributed by atoms with Crippen LogP contribution in [0.3, 0.4) is 0 Å². The van der Waals surface area contributed by atoms with Gasteiger partial charge in [-0.1, -0.05) is 12.1 Å². The fourth-order valence-corrected chi connectivity index (χ4v) is 2.07. The van der Waals surface area contributed by atoms with E-state index in [4.69, 9.17) is 11.1 Å². The Morgan fingerprint density at radius 2 is 1.86 bits per heavy atom. The van der Waals surface area contributed by atoms with E-state index in [0.29, 0.717) is 16.8 Å². The summed E-state index contributed by atoms with van der Waals surface area (Å²) in [6.45, 7) is 0. The van der Waals surface area contributed by atoms with Gasteiger partial charge < -0.3 is 21.5 Å². The summed E-state index contributed by atoms with van der Waals surface area (Å²) in [4.78, 5) is 11.5. The molecule has 1 unspecified atom stereocenters. The summed E-state index contributed by atoms with van der Waals surface area (Å²) in [5.41, 5.74) is 8.13. The number of amidine groups is 1. The number of hydrogen-bond donors (Lipinski definition) is 5. The molecule has 0 aliphatic carbocycles. The standard InChI is InChI=1S/C16H18N4O2/c1-19-13-4-2-3-11(9-13)14(16(21)22)20-12-7-5-10(6-8-12)15(17)18/h2-9,14,19-20H,1H3,(H3,17,18)(H,21,22). The summed E-state index contributed by atoms with van der Waals surface area (Å²) in [5, 5.41) is 22.8. The molecule has 6 N–H and O–H groups in total. The summed E-state index contributed by atoms with van der Waals surface area (Å²) < 4.78 is 0. The highest BCUT2D eigenvalue weighted by Gasteiger charge is 2.19. The molecule has 0 fully saturated rings. The molecule has 0 radical (unpaired) electrons. The predicted molar refractivity (Wildman–Crippen MR) is 87.4 cm³/mol. The number of carboxylic acids is 1. The quantitative estimate of drug-likeness (QED) is 0.415. The highest BCUT2D eigenvalue weighted by atomic mass is 16.4. The molecule has 0 aliphatic heterocycles. The lowest BCUT2D eigenvalue weighted by Gasteiger charge is -2.17. The van der Waals surface area contributed by atoms with E-state index in [-0.39, 0.29) is 5.84 Å². The normalized spacial score (nSPS) is 11.5.